The molecule has 0 heterocycles. The Labute approximate surface area is 79.2 Å². The van der Waals surface area contributed by atoms with Crippen molar-refractivity contribution >= 4 is 5.97 Å². The maximum Gasteiger partial charge on any atom is 0.311 e. The van der Waals surface area contributed by atoms with Crippen LogP contribution in [-0.4, -0.2) is 11.1 Å². The first-order chi connectivity index (χ1) is 6.59. The van der Waals surface area contributed by atoms with Gasteiger partial charge in [0.25, 0.3) is 0 Å². The number of hydrogen-bond acceptors (Lipinski definition) is 1. The van der Waals surface area contributed by atoms with Crippen LogP contribution >= 0.6 is 0 Å². The van der Waals surface area contributed by atoms with Crippen molar-refractivity contribution in [3.63, 3.8) is 0 Å². The summed E-state index contributed by atoms with van der Waals surface area (Å²) in [4.78, 5) is 10.7. The molecule has 2 rings (SSSR count). The predicted octanol–water partition coefficient (Wildman–Crippen LogP) is 2.08. The van der Waals surface area contributed by atoms with Crippen molar-refractivity contribution < 1.29 is 18.7 Å². The van der Waals surface area contributed by atoms with Gasteiger partial charge in [0.2, 0.25) is 0 Å². The highest BCUT2D eigenvalue weighted by Crippen LogP contribution is 2.35. The standard InChI is InChI=1S/C10H8F2O2/c11-6-3-5-1-2-7(10(13)14)9(5)8(12)4-6/h3-4,7H,1-2H2,(H,13,14)/t7-/m0/s1. The molecule has 0 saturated carbocycles. The van der Waals surface area contributed by atoms with Gasteiger partial charge in [-0.25, -0.2) is 8.78 Å². The normalized spacial score (nSPS) is 19.4. The van der Waals surface area contributed by atoms with Crippen LogP contribution in [-0.2, 0) is 11.2 Å². The van der Waals surface area contributed by atoms with Gasteiger partial charge >= 0.3 is 5.97 Å². The molecule has 0 unspecified atom stereocenters. The van der Waals surface area contributed by atoms with Crippen LogP contribution in [0.15, 0.2) is 12.1 Å². The topological polar surface area (TPSA) is 37.3 Å². The molecule has 0 aliphatic heterocycles. The number of hydrogen-bond donors (Lipinski definition) is 1. The highest BCUT2D eigenvalue weighted by atomic mass is 19.1. The monoisotopic (exact) mass is 198 g/mol. The predicted molar refractivity (Wildman–Crippen MR) is 45.1 cm³/mol. The van der Waals surface area contributed by atoms with Crippen LogP contribution in [0.25, 0.3) is 0 Å². The average molecular weight is 198 g/mol. The Hall–Kier alpha value is -1.45. The zero-order valence-electron chi connectivity index (χ0n) is 7.26. The fourth-order valence-corrected chi connectivity index (χ4v) is 1.93. The van der Waals surface area contributed by atoms with Crippen LogP contribution in [0.4, 0.5) is 8.78 Å². The van der Waals surface area contributed by atoms with E-state index < -0.39 is 23.5 Å². The van der Waals surface area contributed by atoms with E-state index in [0.717, 1.165) is 6.07 Å². The molecule has 0 amide bonds. The Balaban J connectivity index is 2.54. The lowest BCUT2D eigenvalue weighted by molar-refractivity contribution is -0.138. The zero-order valence-corrected chi connectivity index (χ0v) is 7.26. The minimum absolute atomic E-state index is 0.152. The summed E-state index contributed by atoms with van der Waals surface area (Å²) in [6, 6.07) is 1.95. The average Bonchev–Trinajstić information content (AvgIpc) is 2.47. The Bertz CT molecular complexity index is 401. The molecule has 1 atom stereocenters. The van der Waals surface area contributed by atoms with Crippen molar-refractivity contribution in [2.24, 2.45) is 0 Å². The van der Waals surface area contributed by atoms with E-state index in [1.807, 2.05) is 0 Å². The number of aliphatic carboxylic acids is 1. The van der Waals surface area contributed by atoms with Crippen molar-refractivity contribution in [2.45, 2.75) is 18.8 Å². The smallest absolute Gasteiger partial charge is 0.311 e. The van der Waals surface area contributed by atoms with Gasteiger partial charge in [0.05, 0.1) is 5.92 Å². The summed E-state index contributed by atoms with van der Waals surface area (Å²) < 4.78 is 26.0. The highest BCUT2D eigenvalue weighted by molar-refractivity contribution is 5.77. The van der Waals surface area contributed by atoms with Gasteiger partial charge in [0, 0.05) is 11.6 Å². The Morgan fingerprint density at radius 2 is 2.14 bits per heavy atom. The maximum atomic E-state index is 13.3. The fourth-order valence-electron chi connectivity index (χ4n) is 1.93. The number of halogens is 2. The number of benzene rings is 1. The lowest BCUT2D eigenvalue weighted by Gasteiger charge is -2.06. The molecule has 0 spiro atoms. The van der Waals surface area contributed by atoms with E-state index in [1.165, 1.54) is 6.07 Å². The van der Waals surface area contributed by atoms with Crippen LogP contribution in [0.5, 0.6) is 0 Å². The van der Waals surface area contributed by atoms with Gasteiger partial charge in [-0.3, -0.25) is 4.79 Å². The van der Waals surface area contributed by atoms with E-state index in [4.69, 9.17) is 5.11 Å². The van der Waals surface area contributed by atoms with Gasteiger partial charge < -0.3 is 5.11 Å². The van der Waals surface area contributed by atoms with E-state index in [2.05, 4.69) is 0 Å². The van der Waals surface area contributed by atoms with Crippen molar-refractivity contribution in [2.75, 3.05) is 0 Å². The van der Waals surface area contributed by atoms with Gasteiger partial charge in [0.1, 0.15) is 11.6 Å². The third-order valence-corrected chi connectivity index (χ3v) is 2.53. The first-order valence-corrected chi connectivity index (χ1v) is 4.30. The summed E-state index contributed by atoms with van der Waals surface area (Å²) in [7, 11) is 0. The van der Waals surface area contributed by atoms with Crippen molar-refractivity contribution in [3.05, 3.63) is 34.9 Å². The van der Waals surface area contributed by atoms with Crippen LogP contribution in [0.1, 0.15) is 23.5 Å². The number of carbonyl (C=O) groups is 1. The molecular formula is C10H8F2O2. The van der Waals surface area contributed by atoms with Crippen LogP contribution in [0, 0.1) is 11.6 Å². The molecule has 4 heteroatoms. The summed E-state index contributed by atoms with van der Waals surface area (Å²) >= 11 is 0. The molecule has 0 fully saturated rings. The van der Waals surface area contributed by atoms with Crippen molar-refractivity contribution in [1.29, 1.82) is 0 Å². The van der Waals surface area contributed by atoms with Crippen LogP contribution in [0.3, 0.4) is 0 Å². The largest absolute Gasteiger partial charge is 0.481 e. The van der Waals surface area contributed by atoms with Gasteiger partial charge in [-0.2, -0.15) is 0 Å². The molecule has 0 radical (unpaired) electrons. The van der Waals surface area contributed by atoms with Crippen molar-refractivity contribution in [1.82, 2.24) is 0 Å². The van der Waals surface area contributed by atoms with Gasteiger partial charge in [0.15, 0.2) is 0 Å². The third-order valence-electron chi connectivity index (χ3n) is 2.53. The Kier molecular flexibility index (Phi) is 1.98. The molecule has 14 heavy (non-hydrogen) atoms. The van der Waals surface area contributed by atoms with Crippen LogP contribution in [0.2, 0.25) is 0 Å². The first kappa shape index (κ1) is 9.12. The second-order valence-electron chi connectivity index (χ2n) is 3.39. The van der Waals surface area contributed by atoms with Gasteiger partial charge in [-0.15, -0.1) is 0 Å². The summed E-state index contributed by atoms with van der Waals surface area (Å²) in [5, 5.41) is 8.79. The molecule has 1 aromatic carbocycles. The summed E-state index contributed by atoms with van der Waals surface area (Å²) in [5.41, 5.74) is 0.633. The Morgan fingerprint density at radius 1 is 1.43 bits per heavy atom. The molecule has 2 nitrogen and oxygen atoms in total. The molecule has 1 aliphatic carbocycles. The van der Waals surface area contributed by atoms with Gasteiger partial charge in [-0.05, 0) is 24.5 Å². The lowest BCUT2D eigenvalue weighted by atomic mass is 10.0. The molecule has 1 aromatic rings. The highest BCUT2D eigenvalue weighted by Gasteiger charge is 2.31. The third kappa shape index (κ3) is 1.27. The van der Waals surface area contributed by atoms with E-state index in [0.29, 0.717) is 18.4 Å². The molecule has 0 saturated heterocycles. The maximum absolute atomic E-state index is 13.3. The summed E-state index contributed by atoms with van der Waals surface area (Å²) in [6.07, 6.45) is 0.784. The van der Waals surface area contributed by atoms with Crippen molar-refractivity contribution in [3.8, 4) is 0 Å². The Morgan fingerprint density at radius 3 is 2.79 bits per heavy atom. The number of carboxylic acids is 1. The second-order valence-corrected chi connectivity index (χ2v) is 3.39. The molecular weight excluding hydrogens is 190 g/mol. The van der Waals surface area contributed by atoms with E-state index in [9.17, 15) is 13.6 Å². The fraction of sp³-hybridized carbons (Fsp3) is 0.300. The minimum Gasteiger partial charge on any atom is -0.481 e. The minimum atomic E-state index is -1.05. The van der Waals surface area contributed by atoms with Crippen LogP contribution < -0.4 is 0 Å². The first-order valence-electron chi connectivity index (χ1n) is 4.30. The zero-order chi connectivity index (χ0) is 10.3. The summed E-state index contributed by atoms with van der Waals surface area (Å²) in [5.74, 6) is -3.25. The summed E-state index contributed by atoms with van der Waals surface area (Å²) in [6.45, 7) is 0. The lowest BCUT2D eigenvalue weighted by Crippen LogP contribution is -2.09. The molecule has 0 aromatic heterocycles. The number of rotatable bonds is 1. The molecule has 0 bridgehead atoms. The number of aryl methyl sites for hydroxylation is 1. The molecule has 1 N–H and O–H groups in total. The van der Waals surface area contributed by atoms with E-state index in [-0.39, 0.29) is 5.56 Å². The number of fused-ring (bicyclic) bond motifs is 1. The molecule has 1 aliphatic rings. The number of carboxylic acid groups (broad SMARTS) is 1. The second kappa shape index (κ2) is 3.04. The van der Waals surface area contributed by atoms with E-state index in [1.54, 1.807) is 0 Å². The van der Waals surface area contributed by atoms with Gasteiger partial charge in [-0.1, -0.05) is 0 Å². The molecule has 74 valence electrons. The quantitative estimate of drug-likeness (QED) is 0.750. The van der Waals surface area contributed by atoms with E-state index >= 15 is 0 Å². The SMILES string of the molecule is O=C(O)[C@H]1CCc2cc(F)cc(F)c21.